The highest BCUT2D eigenvalue weighted by Crippen LogP contribution is 2.44. The molecule has 1 aliphatic heterocycles. The zero-order chi connectivity index (χ0) is 10.2. The van der Waals surface area contributed by atoms with Crippen molar-refractivity contribution >= 4 is 11.9 Å². The summed E-state index contributed by atoms with van der Waals surface area (Å²) in [7, 11) is 0. The quantitative estimate of drug-likeness (QED) is 0.640. The van der Waals surface area contributed by atoms with E-state index in [4.69, 9.17) is 5.11 Å². The van der Waals surface area contributed by atoms with Gasteiger partial charge in [0.2, 0.25) is 0 Å². The summed E-state index contributed by atoms with van der Waals surface area (Å²) < 4.78 is 0. The predicted molar refractivity (Wildman–Crippen MR) is 50.1 cm³/mol. The lowest BCUT2D eigenvalue weighted by atomic mass is 9.77. The van der Waals surface area contributed by atoms with Crippen LogP contribution in [0.5, 0.6) is 0 Å². The maximum atomic E-state index is 11.2. The van der Waals surface area contributed by atoms with Crippen LogP contribution in [0.1, 0.15) is 32.1 Å². The van der Waals surface area contributed by atoms with Gasteiger partial charge in [-0.25, -0.2) is 4.79 Å². The summed E-state index contributed by atoms with van der Waals surface area (Å²) in [6.07, 6.45) is 3.26. The molecular weight excluding hydrogens is 182 g/mol. The van der Waals surface area contributed by atoms with Gasteiger partial charge in [-0.3, -0.25) is 4.79 Å². The molecule has 1 amide bonds. The molecule has 0 aromatic carbocycles. The van der Waals surface area contributed by atoms with Gasteiger partial charge in [-0.05, 0) is 24.7 Å². The Morgan fingerprint density at radius 3 is 2.36 bits per heavy atom. The minimum absolute atomic E-state index is 0.156. The summed E-state index contributed by atoms with van der Waals surface area (Å²) in [5.41, 5.74) is 0.156. The van der Waals surface area contributed by atoms with Crippen molar-refractivity contribution in [3.63, 3.8) is 0 Å². The summed E-state index contributed by atoms with van der Waals surface area (Å²) in [6.45, 7) is 1.20. The number of ketones is 1. The highest BCUT2D eigenvalue weighted by atomic mass is 16.4. The van der Waals surface area contributed by atoms with E-state index in [2.05, 4.69) is 0 Å². The van der Waals surface area contributed by atoms with Gasteiger partial charge in [0.25, 0.3) is 0 Å². The number of hydrogen-bond donors (Lipinski definition) is 1. The first-order chi connectivity index (χ1) is 6.61. The fraction of sp³-hybridized carbons (Fsp3) is 0.800. The minimum atomic E-state index is -0.829. The topological polar surface area (TPSA) is 57.6 Å². The lowest BCUT2D eigenvalue weighted by Gasteiger charge is -2.37. The molecule has 1 saturated heterocycles. The van der Waals surface area contributed by atoms with E-state index in [0.717, 1.165) is 19.3 Å². The molecule has 2 rings (SSSR count). The van der Waals surface area contributed by atoms with Gasteiger partial charge in [-0.15, -0.1) is 0 Å². The molecular formula is C10H15NO3. The minimum Gasteiger partial charge on any atom is -0.465 e. The van der Waals surface area contributed by atoms with E-state index in [1.54, 1.807) is 0 Å². The molecule has 1 N–H and O–H groups in total. The number of Topliss-reactive ketones (excluding diaryl/α,β-unsaturated/α-hetero) is 1. The van der Waals surface area contributed by atoms with Crippen molar-refractivity contribution in [2.75, 3.05) is 13.1 Å². The number of piperidine rings is 1. The van der Waals surface area contributed by atoms with Crippen molar-refractivity contribution in [3.8, 4) is 0 Å². The Balaban J connectivity index is 1.95. The average molecular weight is 197 g/mol. The molecule has 0 bridgehead atoms. The van der Waals surface area contributed by atoms with E-state index < -0.39 is 6.09 Å². The van der Waals surface area contributed by atoms with Crippen LogP contribution in [0.15, 0.2) is 0 Å². The lowest BCUT2D eigenvalue weighted by molar-refractivity contribution is -0.118. The Bertz CT molecular complexity index is 267. The Morgan fingerprint density at radius 2 is 1.93 bits per heavy atom. The van der Waals surface area contributed by atoms with Crippen LogP contribution in [0.2, 0.25) is 0 Å². The zero-order valence-corrected chi connectivity index (χ0v) is 8.16. The third-order valence-corrected chi connectivity index (χ3v) is 3.60. The molecule has 2 aliphatic rings. The van der Waals surface area contributed by atoms with Gasteiger partial charge in [-0.1, -0.05) is 0 Å². The van der Waals surface area contributed by atoms with Crippen LogP contribution in [0.4, 0.5) is 4.79 Å². The van der Waals surface area contributed by atoms with Crippen LogP contribution < -0.4 is 0 Å². The maximum absolute atomic E-state index is 11.2. The third kappa shape index (κ3) is 1.61. The van der Waals surface area contributed by atoms with Crippen LogP contribution >= 0.6 is 0 Å². The number of carboxylic acid groups (broad SMARTS) is 1. The Kier molecular flexibility index (Phi) is 2.21. The SMILES string of the molecule is O=C1CCC2(CCN(C(=O)O)CC2)C1. The highest BCUT2D eigenvalue weighted by Gasteiger charge is 2.41. The number of carbonyl (C=O) groups is 2. The van der Waals surface area contributed by atoms with Crippen LogP contribution in [-0.4, -0.2) is 35.0 Å². The molecule has 0 aromatic heterocycles. The normalized spacial score (nSPS) is 25.7. The monoisotopic (exact) mass is 197 g/mol. The van der Waals surface area contributed by atoms with Crippen LogP contribution in [0.25, 0.3) is 0 Å². The van der Waals surface area contributed by atoms with Crippen LogP contribution in [0, 0.1) is 5.41 Å². The molecule has 0 aromatic rings. The summed E-state index contributed by atoms with van der Waals surface area (Å²) in [6, 6.07) is 0. The first-order valence-corrected chi connectivity index (χ1v) is 5.11. The third-order valence-electron chi connectivity index (χ3n) is 3.60. The maximum Gasteiger partial charge on any atom is 0.407 e. The molecule has 2 fully saturated rings. The molecule has 1 spiro atoms. The first kappa shape index (κ1) is 9.49. The molecule has 0 unspecified atom stereocenters. The van der Waals surface area contributed by atoms with Gasteiger partial charge in [0.1, 0.15) is 5.78 Å². The zero-order valence-electron chi connectivity index (χ0n) is 8.16. The number of rotatable bonds is 0. The van der Waals surface area contributed by atoms with Crippen LogP contribution in [0.3, 0.4) is 0 Å². The van der Waals surface area contributed by atoms with E-state index in [1.165, 1.54) is 4.90 Å². The number of nitrogens with zero attached hydrogens (tertiary/aromatic N) is 1. The van der Waals surface area contributed by atoms with Gasteiger partial charge in [0.15, 0.2) is 0 Å². The Morgan fingerprint density at radius 1 is 1.29 bits per heavy atom. The van der Waals surface area contributed by atoms with Crippen molar-refractivity contribution in [3.05, 3.63) is 0 Å². The molecule has 4 nitrogen and oxygen atoms in total. The fourth-order valence-electron chi connectivity index (χ4n) is 2.60. The average Bonchev–Trinajstić information content (AvgIpc) is 2.48. The molecule has 0 radical (unpaired) electrons. The predicted octanol–water partition coefficient (Wildman–Crippen LogP) is 1.50. The number of amides is 1. The highest BCUT2D eigenvalue weighted by molar-refractivity contribution is 5.81. The summed E-state index contributed by atoms with van der Waals surface area (Å²) in [4.78, 5) is 23.3. The Hall–Kier alpha value is -1.06. The van der Waals surface area contributed by atoms with Crippen molar-refractivity contribution in [1.82, 2.24) is 4.90 Å². The van der Waals surface area contributed by atoms with Gasteiger partial charge in [-0.2, -0.15) is 0 Å². The number of hydrogen-bond acceptors (Lipinski definition) is 2. The van der Waals surface area contributed by atoms with E-state index >= 15 is 0 Å². The molecule has 1 aliphatic carbocycles. The van der Waals surface area contributed by atoms with E-state index in [9.17, 15) is 9.59 Å². The molecule has 1 heterocycles. The summed E-state index contributed by atoms with van der Waals surface area (Å²) in [5, 5.41) is 8.78. The van der Waals surface area contributed by atoms with Crippen molar-refractivity contribution < 1.29 is 14.7 Å². The van der Waals surface area contributed by atoms with E-state index in [1.807, 2.05) is 0 Å². The van der Waals surface area contributed by atoms with Gasteiger partial charge < -0.3 is 10.0 Å². The van der Waals surface area contributed by atoms with Crippen molar-refractivity contribution in [2.24, 2.45) is 5.41 Å². The number of likely N-dealkylation sites (tertiary alicyclic amines) is 1. The van der Waals surface area contributed by atoms with Crippen LogP contribution in [-0.2, 0) is 4.79 Å². The Labute approximate surface area is 82.9 Å². The standard InChI is InChI=1S/C10H15NO3/c12-8-1-2-10(7-8)3-5-11(6-4-10)9(13)14/h1-7H2,(H,13,14). The fourth-order valence-corrected chi connectivity index (χ4v) is 2.60. The van der Waals surface area contributed by atoms with Gasteiger partial charge in [0.05, 0.1) is 0 Å². The van der Waals surface area contributed by atoms with Gasteiger partial charge in [0, 0.05) is 25.9 Å². The van der Waals surface area contributed by atoms with Gasteiger partial charge >= 0.3 is 6.09 Å². The molecule has 78 valence electrons. The molecule has 0 atom stereocenters. The second-order valence-electron chi connectivity index (χ2n) is 4.49. The second kappa shape index (κ2) is 3.26. The smallest absolute Gasteiger partial charge is 0.407 e. The molecule has 4 heteroatoms. The van der Waals surface area contributed by atoms with Crippen molar-refractivity contribution in [2.45, 2.75) is 32.1 Å². The largest absolute Gasteiger partial charge is 0.465 e. The molecule has 14 heavy (non-hydrogen) atoms. The second-order valence-corrected chi connectivity index (χ2v) is 4.49. The van der Waals surface area contributed by atoms with Crippen molar-refractivity contribution in [1.29, 1.82) is 0 Å². The summed E-state index contributed by atoms with van der Waals surface area (Å²) >= 11 is 0. The molecule has 1 saturated carbocycles. The lowest BCUT2D eigenvalue weighted by Crippen LogP contribution is -2.41. The van der Waals surface area contributed by atoms with E-state index in [0.29, 0.717) is 31.7 Å². The van der Waals surface area contributed by atoms with E-state index in [-0.39, 0.29) is 5.41 Å². The number of carbonyl (C=O) groups excluding carboxylic acids is 1. The summed E-state index contributed by atoms with van der Waals surface area (Å²) in [5.74, 6) is 0.355. The first-order valence-electron chi connectivity index (χ1n) is 5.11.